The van der Waals surface area contributed by atoms with Crippen molar-refractivity contribution in [1.29, 1.82) is 0 Å². The highest BCUT2D eigenvalue weighted by Crippen LogP contribution is 2.05. The summed E-state index contributed by atoms with van der Waals surface area (Å²) in [6.45, 7) is 2.62. The summed E-state index contributed by atoms with van der Waals surface area (Å²) in [5, 5.41) is 2.93. The number of hydrogen-bond acceptors (Lipinski definition) is 1. The van der Waals surface area contributed by atoms with Crippen molar-refractivity contribution in [2.24, 2.45) is 0 Å². The van der Waals surface area contributed by atoms with Gasteiger partial charge in [-0.3, -0.25) is 4.79 Å². The van der Waals surface area contributed by atoms with Crippen LogP contribution < -0.4 is 5.32 Å². The van der Waals surface area contributed by atoms with Crippen LogP contribution in [0.3, 0.4) is 0 Å². The molecule has 0 aromatic heterocycles. The van der Waals surface area contributed by atoms with E-state index < -0.39 is 0 Å². The molecular formula is C16H17NO. The molecule has 0 unspecified atom stereocenters. The van der Waals surface area contributed by atoms with Crippen molar-refractivity contribution in [2.75, 3.05) is 0 Å². The van der Waals surface area contributed by atoms with E-state index in [1.165, 1.54) is 5.56 Å². The average Bonchev–Trinajstić information content (AvgIpc) is 2.38. The van der Waals surface area contributed by atoms with Crippen LogP contribution in [0.15, 0.2) is 54.6 Å². The molecule has 2 aromatic carbocycles. The summed E-state index contributed by atoms with van der Waals surface area (Å²) in [4.78, 5) is 11.8. The molecule has 18 heavy (non-hydrogen) atoms. The van der Waals surface area contributed by atoms with Crippen molar-refractivity contribution in [1.82, 2.24) is 5.32 Å². The fourth-order valence-electron chi connectivity index (χ4n) is 1.87. The first-order chi connectivity index (χ1) is 8.74. The Morgan fingerprint density at radius 2 is 1.72 bits per heavy atom. The van der Waals surface area contributed by atoms with Crippen LogP contribution in [0.2, 0.25) is 0 Å². The maximum Gasteiger partial charge on any atom is 0.224 e. The Kier molecular flexibility index (Phi) is 4.13. The van der Waals surface area contributed by atoms with Crippen LogP contribution in [-0.2, 0) is 17.8 Å². The zero-order valence-electron chi connectivity index (χ0n) is 10.5. The fraction of sp³-hybridized carbons (Fsp3) is 0.188. The van der Waals surface area contributed by atoms with Gasteiger partial charge in [-0.05, 0) is 18.1 Å². The summed E-state index contributed by atoms with van der Waals surface area (Å²) < 4.78 is 0. The SMILES string of the molecule is Cc1cccc(CC(=O)NCc2ccccc2)c1. The molecule has 2 aromatic rings. The van der Waals surface area contributed by atoms with Gasteiger partial charge in [0.25, 0.3) is 0 Å². The first-order valence-corrected chi connectivity index (χ1v) is 6.10. The third kappa shape index (κ3) is 3.74. The largest absolute Gasteiger partial charge is 0.352 e. The predicted octanol–water partition coefficient (Wildman–Crippen LogP) is 2.85. The lowest BCUT2D eigenvalue weighted by molar-refractivity contribution is -0.120. The van der Waals surface area contributed by atoms with Crippen molar-refractivity contribution in [3.63, 3.8) is 0 Å². The van der Waals surface area contributed by atoms with Crippen molar-refractivity contribution in [3.8, 4) is 0 Å². The Labute approximate surface area is 108 Å². The Bertz CT molecular complexity index is 520. The van der Waals surface area contributed by atoms with Gasteiger partial charge in [-0.25, -0.2) is 0 Å². The van der Waals surface area contributed by atoms with Gasteiger partial charge < -0.3 is 5.32 Å². The van der Waals surface area contributed by atoms with Crippen LogP contribution in [0.25, 0.3) is 0 Å². The fourth-order valence-corrected chi connectivity index (χ4v) is 1.87. The van der Waals surface area contributed by atoms with Crippen molar-refractivity contribution in [3.05, 3.63) is 71.3 Å². The molecule has 92 valence electrons. The number of carbonyl (C=O) groups excluding carboxylic acids is 1. The number of amides is 1. The predicted molar refractivity (Wildman–Crippen MR) is 73.2 cm³/mol. The minimum Gasteiger partial charge on any atom is -0.352 e. The molecular weight excluding hydrogens is 222 g/mol. The van der Waals surface area contributed by atoms with E-state index in [-0.39, 0.29) is 5.91 Å². The molecule has 0 saturated heterocycles. The maximum atomic E-state index is 11.8. The Morgan fingerprint density at radius 1 is 1.00 bits per heavy atom. The molecule has 2 rings (SSSR count). The molecule has 0 bridgehead atoms. The number of benzene rings is 2. The van der Waals surface area contributed by atoms with Crippen LogP contribution >= 0.6 is 0 Å². The highest BCUT2D eigenvalue weighted by molar-refractivity contribution is 5.78. The number of carbonyl (C=O) groups is 1. The van der Waals surface area contributed by atoms with E-state index in [0.29, 0.717) is 13.0 Å². The van der Waals surface area contributed by atoms with Gasteiger partial charge in [0.1, 0.15) is 0 Å². The molecule has 0 radical (unpaired) electrons. The van der Waals surface area contributed by atoms with Gasteiger partial charge in [-0.1, -0.05) is 60.2 Å². The molecule has 1 amide bonds. The minimum absolute atomic E-state index is 0.0597. The summed E-state index contributed by atoms with van der Waals surface area (Å²) in [5.41, 5.74) is 3.36. The van der Waals surface area contributed by atoms with Gasteiger partial charge in [0.05, 0.1) is 6.42 Å². The summed E-state index contributed by atoms with van der Waals surface area (Å²) in [6.07, 6.45) is 0.439. The Morgan fingerprint density at radius 3 is 2.44 bits per heavy atom. The smallest absolute Gasteiger partial charge is 0.224 e. The van der Waals surface area contributed by atoms with Gasteiger partial charge >= 0.3 is 0 Å². The lowest BCUT2D eigenvalue weighted by Crippen LogP contribution is -2.24. The number of aryl methyl sites for hydroxylation is 1. The molecule has 0 heterocycles. The van der Waals surface area contributed by atoms with E-state index >= 15 is 0 Å². The molecule has 0 spiro atoms. The van der Waals surface area contributed by atoms with Crippen LogP contribution in [0.5, 0.6) is 0 Å². The summed E-state index contributed by atoms with van der Waals surface area (Å²) in [6, 6.07) is 18.0. The second-order valence-electron chi connectivity index (χ2n) is 4.43. The average molecular weight is 239 g/mol. The molecule has 1 N–H and O–H groups in total. The van der Waals surface area contributed by atoms with Gasteiger partial charge in [-0.2, -0.15) is 0 Å². The molecule has 0 aliphatic heterocycles. The van der Waals surface area contributed by atoms with Gasteiger partial charge in [-0.15, -0.1) is 0 Å². The minimum atomic E-state index is 0.0597. The number of nitrogens with one attached hydrogen (secondary N) is 1. The van der Waals surface area contributed by atoms with Crippen LogP contribution in [-0.4, -0.2) is 5.91 Å². The van der Waals surface area contributed by atoms with E-state index in [4.69, 9.17) is 0 Å². The van der Waals surface area contributed by atoms with Crippen LogP contribution in [0.1, 0.15) is 16.7 Å². The lowest BCUT2D eigenvalue weighted by atomic mass is 10.1. The zero-order valence-corrected chi connectivity index (χ0v) is 10.5. The first-order valence-electron chi connectivity index (χ1n) is 6.10. The molecule has 0 atom stereocenters. The van der Waals surface area contributed by atoms with Gasteiger partial charge in [0, 0.05) is 6.54 Å². The monoisotopic (exact) mass is 239 g/mol. The molecule has 2 nitrogen and oxygen atoms in total. The Hall–Kier alpha value is -2.09. The third-order valence-corrected chi connectivity index (χ3v) is 2.78. The molecule has 0 aliphatic rings. The summed E-state index contributed by atoms with van der Waals surface area (Å²) >= 11 is 0. The summed E-state index contributed by atoms with van der Waals surface area (Å²) in [5.74, 6) is 0.0597. The van der Waals surface area contributed by atoms with E-state index in [2.05, 4.69) is 5.32 Å². The quantitative estimate of drug-likeness (QED) is 0.873. The maximum absolute atomic E-state index is 11.8. The standard InChI is InChI=1S/C16H17NO/c1-13-6-5-9-15(10-13)11-16(18)17-12-14-7-3-2-4-8-14/h2-10H,11-12H2,1H3,(H,17,18). The highest BCUT2D eigenvalue weighted by Gasteiger charge is 2.03. The zero-order chi connectivity index (χ0) is 12.8. The first kappa shape index (κ1) is 12.4. The number of rotatable bonds is 4. The molecule has 0 aliphatic carbocycles. The van der Waals surface area contributed by atoms with Crippen molar-refractivity contribution in [2.45, 2.75) is 19.9 Å². The Balaban J connectivity index is 1.86. The van der Waals surface area contributed by atoms with Crippen molar-refractivity contribution < 1.29 is 4.79 Å². The molecule has 0 fully saturated rings. The summed E-state index contributed by atoms with van der Waals surface area (Å²) in [7, 11) is 0. The second kappa shape index (κ2) is 6.01. The van der Waals surface area contributed by atoms with Crippen LogP contribution in [0, 0.1) is 6.92 Å². The lowest BCUT2D eigenvalue weighted by Gasteiger charge is -2.06. The van der Waals surface area contributed by atoms with E-state index in [1.54, 1.807) is 0 Å². The molecule has 0 saturated carbocycles. The highest BCUT2D eigenvalue weighted by atomic mass is 16.1. The third-order valence-electron chi connectivity index (χ3n) is 2.78. The van der Waals surface area contributed by atoms with E-state index in [9.17, 15) is 4.79 Å². The van der Waals surface area contributed by atoms with E-state index in [1.807, 2.05) is 61.5 Å². The second-order valence-corrected chi connectivity index (χ2v) is 4.43. The molecule has 2 heteroatoms. The number of hydrogen-bond donors (Lipinski definition) is 1. The van der Waals surface area contributed by atoms with E-state index in [0.717, 1.165) is 11.1 Å². The van der Waals surface area contributed by atoms with Gasteiger partial charge in [0.2, 0.25) is 5.91 Å². The van der Waals surface area contributed by atoms with Crippen LogP contribution in [0.4, 0.5) is 0 Å². The topological polar surface area (TPSA) is 29.1 Å². The normalized spacial score (nSPS) is 10.1. The van der Waals surface area contributed by atoms with Gasteiger partial charge in [0.15, 0.2) is 0 Å². The van der Waals surface area contributed by atoms with Crippen molar-refractivity contribution >= 4 is 5.91 Å².